The normalized spacial score (nSPS) is 25.3. The molecule has 1 aromatic carbocycles. The summed E-state index contributed by atoms with van der Waals surface area (Å²) in [5, 5.41) is 0. The molecule has 22 heavy (non-hydrogen) atoms. The van der Waals surface area contributed by atoms with Crippen LogP contribution in [0.25, 0.3) is 0 Å². The van der Waals surface area contributed by atoms with Crippen molar-refractivity contribution in [1.82, 2.24) is 9.80 Å². The van der Waals surface area contributed by atoms with Gasteiger partial charge in [0.2, 0.25) is 0 Å². The molecule has 4 nitrogen and oxygen atoms in total. The molecule has 0 aromatic heterocycles. The SMILES string of the molecule is CC(C)(C)OC(=O)N1C[C@@H]2CCN(Cc3ccccc3)[C@@H]2C1. The van der Waals surface area contributed by atoms with E-state index < -0.39 is 5.60 Å². The molecule has 2 heterocycles. The number of carbonyl (C=O) groups excluding carboxylic acids is 1. The van der Waals surface area contributed by atoms with Gasteiger partial charge in [-0.25, -0.2) is 4.79 Å². The Bertz CT molecular complexity index is 524. The number of rotatable bonds is 2. The summed E-state index contributed by atoms with van der Waals surface area (Å²) < 4.78 is 5.51. The summed E-state index contributed by atoms with van der Waals surface area (Å²) in [6, 6.07) is 11.1. The monoisotopic (exact) mass is 302 g/mol. The average Bonchev–Trinajstić information content (AvgIpc) is 3.00. The van der Waals surface area contributed by atoms with E-state index in [4.69, 9.17) is 4.74 Å². The zero-order valence-corrected chi connectivity index (χ0v) is 13.8. The van der Waals surface area contributed by atoms with E-state index in [-0.39, 0.29) is 6.09 Å². The predicted molar refractivity (Wildman–Crippen MR) is 86.6 cm³/mol. The Morgan fingerprint density at radius 3 is 2.64 bits per heavy atom. The van der Waals surface area contributed by atoms with Gasteiger partial charge in [-0.3, -0.25) is 4.90 Å². The van der Waals surface area contributed by atoms with Crippen LogP contribution in [-0.2, 0) is 11.3 Å². The number of nitrogens with zero attached hydrogens (tertiary/aromatic N) is 2. The van der Waals surface area contributed by atoms with E-state index in [0.717, 1.165) is 26.2 Å². The number of fused-ring (bicyclic) bond motifs is 1. The number of benzene rings is 1. The van der Waals surface area contributed by atoms with E-state index in [1.807, 2.05) is 25.7 Å². The third-order valence-electron chi connectivity index (χ3n) is 4.54. The number of ether oxygens (including phenoxy) is 1. The minimum absolute atomic E-state index is 0.165. The van der Waals surface area contributed by atoms with Gasteiger partial charge in [-0.05, 0) is 45.2 Å². The van der Waals surface area contributed by atoms with Gasteiger partial charge < -0.3 is 9.64 Å². The molecule has 0 aliphatic carbocycles. The molecule has 1 aromatic rings. The van der Waals surface area contributed by atoms with Crippen LogP contribution in [0, 0.1) is 5.92 Å². The molecule has 120 valence electrons. The van der Waals surface area contributed by atoms with Crippen LogP contribution in [-0.4, -0.2) is 47.2 Å². The fraction of sp³-hybridized carbons (Fsp3) is 0.611. The van der Waals surface area contributed by atoms with Gasteiger partial charge in [-0.2, -0.15) is 0 Å². The zero-order chi connectivity index (χ0) is 15.7. The van der Waals surface area contributed by atoms with Crippen LogP contribution in [0.2, 0.25) is 0 Å². The second kappa shape index (κ2) is 5.92. The van der Waals surface area contributed by atoms with E-state index in [0.29, 0.717) is 12.0 Å². The maximum Gasteiger partial charge on any atom is 0.410 e. The summed E-state index contributed by atoms with van der Waals surface area (Å²) in [7, 11) is 0. The fourth-order valence-corrected chi connectivity index (χ4v) is 3.54. The molecule has 0 bridgehead atoms. The molecular weight excluding hydrogens is 276 g/mol. The van der Waals surface area contributed by atoms with Crippen LogP contribution < -0.4 is 0 Å². The first-order valence-corrected chi connectivity index (χ1v) is 8.18. The zero-order valence-electron chi connectivity index (χ0n) is 13.8. The topological polar surface area (TPSA) is 32.8 Å². The molecular formula is C18H26N2O2. The Morgan fingerprint density at radius 2 is 1.95 bits per heavy atom. The van der Waals surface area contributed by atoms with Crippen molar-refractivity contribution in [2.24, 2.45) is 5.92 Å². The van der Waals surface area contributed by atoms with Crippen molar-refractivity contribution in [3.8, 4) is 0 Å². The van der Waals surface area contributed by atoms with Gasteiger partial charge in [0, 0.05) is 25.7 Å². The van der Waals surface area contributed by atoms with Crippen LogP contribution in [0.3, 0.4) is 0 Å². The average molecular weight is 302 g/mol. The predicted octanol–water partition coefficient (Wildman–Crippen LogP) is 3.13. The van der Waals surface area contributed by atoms with Crippen LogP contribution in [0.1, 0.15) is 32.8 Å². The molecule has 0 saturated carbocycles. The number of likely N-dealkylation sites (tertiary alicyclic amines) is 2. The van der Waals surface area contributed by atoms with E-state index >= 15 is 0 Å². The van der Waals surface area contributed by atoms with Crippen molar-refractivity contribution in [3.63, 3.8) is 0 Å². The van der Waals surface area contributed by atoms with E-state index in [1.54, 1.807) is 0 Å². The second-order valence-corrected chi connectivity index (χ2v) is 7.46. The second-order valence-electron chi connectivity index (χ2n) is 7.46. The first-order valence-electron chi connectivity index (χ1n) is 8.18. The minimum Gasteiger partial charge on any atom is -0.444 e. The Kier molecular flexibility index (Phi) is 4.13. The smallest absolute Gasteiger partial charge is 0.410 e. The maximum absolute atomic E-state index is 12.2. The lowest BCUT2D eigenvalue weighted by molar-refractivity contribution is 0.0271. The molecule has 2 aliphatic heterocycles. The number of hydrogen-bond donors (Lipinski definition) is 0. The summed E-state index contributed by atoms with van der Waals surface area (Å²) in [6.45, 7) is 9.50. The van der Waals surface area contributed by atoms with Crippen LogP contribution in [0.4, 0.5) is 4.79 Å². The summed E-state index contributed by atoms with van der Waals surface area (Å²) in [5.41, 5.74) is 0.928. The Hall–Kier alpha value is -1.55. The minimum atomic E-state index is -0.418. The highest BCUT2D eigenvalue weighted by atomic mass is 16.6. The van der Waals surface area contributed by atoms with Gasteiger partial charge >= 0.3 is 6.09 Å². The van der Waals surface area contributed by atoms with Crippen LogP contribution in [0.5, 0.6) is 0 Å². The molecule has 2 atom stereocenters. The lowest BCUT2D eigenvalue weighted by atomic mass is 10.0. The van der Waals surface area contributed by atoms with Gasteiger partial charge in [0.1, 0.15) is 5.60 Å². The highest BCUT2D eigenvalue weighted by Gasteiger charge is 2.43. The molecule has 3 rings (SSSR count). The highest BCUT2D eigenvalue weighted by Crippen LogP contribution is 2.33. The highest BCUT2D eigenvalue weighted by molar-refractivity contribution is 5.68. The van der Waals surface area contributed by atoms with Crippen molar-refractivity contribution in [1.29, 1.82) is 0 Å². The third-order valence-corrected chi connectivity index (χ3v) is 4.54. The molecule has 0 spiro atoms. The van der Waals surface area contributed by atoms with E-state index in [2.05, 4.69) is 35.2 Å². The first kappa shape index (κ1) is 15.3. The lowest BCUT2D eigenvalue weighted by Crippen LogP contribution is -2.39. The molecule has 0 N–H and O–H groups in total. The van der Waals surface area contributed by atoms with Crippen molar-refractivity contribution in [2.75, 3.05) is 19.6 Å². The molecule has 2 fully saturated rings. The molecule has 0 radical (unpaired) electrons. The lowest BCUT2D eigenvalue weighted by Gasteiger charge is -2.27. The summed E-state index contributed by atoms with van der Waals surface area (Å²) >= 11 is 0. The van der Waals surface area contributed by atoms with Crippen molar-refractivity contribution < 1.29 is 9.53 Å². The van der Waals surface area contributed by atoms with Gasteiger partial charge in [0.15, 0.2) is 0 Å². The number of hydrogen-bond acceptors (Lipinski definition) is 3. The third kappa shape index (κ3) is 3.43. The first-order chi connectivity index (χ1) is 10.4. The number of amides is 1. The Morgan fingerprint density at radius 1 is 1.23 bits per heavy atom. The van der Waals surface area contributed by atoms with Crippen LogP contribution in [0.15, 0.2) is 30.3 Å². The van der Waals surface area contributed by atoms with Crippen LogP contribution >= 0.6 is 0 Å². The van der Waals surface area contributed by atoms with Gasteiger partial charge in [0.05, 0.1) is 0 Å². The Balaban J connectivity index is 1.60. The number of carbonyl (C=O) groups is 1. The maximum atomic E-state index is 12.2. The van der Waals surface area contributed by atoms with Gasteiger partial charge in [-0.15, -0.1) is 0 Å². The van der Waals surface area contributed by atoms with Crippen molar-refractivity contribution in [2.45, 2.75) is 45.4 Å². The summed E-state index contributed by atoms with van der Waals surface area (Å²) in [5.74, 6) is 0.594. The fourth-order valence-electron chi connectivity index (χ4n) is 3.54. The summed E-state index contributed by atoms with van der Waals surface area (Å²) in [6.07, 6.45) is 1.01. The molecule has 2 aliphatic rings. The summed E-state index contributed by atoms with van der Waals surface area (Å²) in [4.78, 5) is 16.6. The molecule has 0 unspecified atom stereocenters. The molecule has 1 amide bonds. The molecule has 2 saturated heterocycles. The van der Waals surface area contributed by atoms with Crippen molar-refractivity contribution in [3.05, 3.63) is 35.9 Å². The molecule has 4 heteroatoms. The standard InChI is InChI=1S/C18H26N2O2/c1-18(2,3)22-17(21)20-12-15-9-10-19(16(15)13-20)11-14-7-5-4-6-8-14/h4-8,15-16H,9-13H2,1-3H3/t15-,16+/m0/s1. The van der Waals surface area contributed by atoms with Crippen molar-refractivity contribution >= 4 is 6.09 Å². The van der Waals surface area contributed by atoms with Gasteiger partial charge in [-0.1, -0.05) is 30.3 Å². The van der Waals surface area contributed by atoms with Gasteiger partial charge in [0.25, 0.3) is 0 Å². The Labute approximate surface area is 133 Å². The van der Waals surface area contributed by atoms with E-state index in [9.17, 15) is 4.79 Å². The van der Waals surface area contributed by atoms with E-state index in [1.165, 1.54) is 12.0 Å². The quantitative estimate of drug-likeness (QED) is 0.841. The largest absolute Gasteiger partial charge is 0.444 e.